The van der Waals surface area contributed by atoms with Crippen LogP contribution in [0.15, 0.2) is 17.2 Å². The molecule has 156 valence electrons. The Morgan fingerprint density at radius 2 is 1.93 bits per heavy atom. The SMILES string of the molecule is NC(=O)c1cn(C2CCCCC2)c2nc(NCCCN3CCCC3)ncc2c1=O. The number of hydrogen-bond acceptors (Lipinski definition) is 6. The van der Waals surface area contributed by atoms with Crippen LogP contribution in [-0.4, -0.2) is 51.5 Å². The van der Waals surface area contributed by atoms with E-state index in [0.717, 1.165) is 45.2 Å². The van der Waals surface area contributed by atoms with Gasteiger partial charge in [-0.2, -0.15) is 4.98 Å². The first kappa shape index (κ1) is 19.8. The van der Waals surface area contributed by atoms with Gasteiger partial charge in [-0.05, 0) is 51.7 Å². The highest BCUT2D eigenvalue weighted by molar-refractivity contribution is 5.95. The summed E-state index contributed by atoms with van der Waals surface area (Å²) in [6, 6.07) is 0.225. The molecule has 2 aliphatic rings. The smallest absolute Gasteiger partial charge is 0.254 e. The Morgan fingerprint density at radius 3 is 2.66 bits per heavy atom. The Labute approximate surface area is 170 Å². The summed E-state index contributed by atoms with van der Waals surface area (Å²) in [5.74, 6) is -0.180. The Bertz CT molecular complexity index is 929. The van der Waals surface area contributed by atoms with Crippen LogP contribution < -0.4 is 16.5 Å². The van der Waals surface area contributed by atoms with Crippen molar-refractivity contribution < 1.29 is 4.79 Å². The van der Waals surface area contributed by atoms with Gasteiger partial charge in [0.2, 0.25) is 11.4 Å². The van der Waals surface area contributed by atoms with E-state index in [1.165, 1.54) is 38.5 Å². The van der Waals surface area contributed by atoms with Crippen LogP contribution in [0.1, 0.15) is 67.8 Å². The molecule has 8 heteroatoms. The van der Waals surface area contributed by atoms with Crippen molar-refractivity contribution >= 4 is 22.9 Å². The second kappa shape index (κ2) is 8.90. The highest BCUT2D eigenvalue weighted by atomic mass is 16.2. The average molecular weight is 399 g/mol. The second-order valence-electron chi connectivity index (χ2n) is 8.20. The molecule has 0 spiro atoms. The first-order valence-corrected chi connectivity index (χ1v) is 10.8. The van der Waals surface area contributed by atoms with Crippen molar-refractivity contribution in [3.05, 3.63) is 28.2 Å². The largest absolute Gasteiger partial charge is 0.365 e. The van der Waals surface area contributed by atoms with E-state index in [0.29, 0.717) is 17.0 Å². The zero-order valence-corrected chi connectivity index (χ0v) is 16.9. The molecule has 0 unspecified atom stereocenters. The lowest BCUT2D eigenvalue weighted by molar-refractivity contribution is 0.0998. The number of carbonyl (C=O) groups is 1. The maximum absolute atomic E-state index is 12.7. The molecular weight excluding hydrogens is 368 g/mol. The minimum Gasteiger partial charge on any atom is -0.365 e. The van der Waals surface area contributed by atoms with Crippen LogP contribution in [0.5, 0.6) is 0 Å². The number of nitrogens with zero attached hydrogens (tertiary/aromatic N) is 4. The summed E-state index contributed by atoms with van der Waals surface area (Å²) in [6.07, 6.45) is 12.3. The molecule has 0 radical (unpaired) electrons. The number of nitrogens with two attached hydrogens (primary N) is 1. The van der Waals surface area contributed by atoms with Crippen LogP contribution >= 0.6 is 0 Å². The van der Waals surface area contributed by atoms with Gasteiger partial charge in [-0.25, -0.2) is 4.98 Å². The number of fused-ring (bicyclic) bond motifs is 1. The number of aromatic nitrogens is 3. The van der Waals surface area contributed by atoms with Crippen molar-refractivity contribution in [1.29, 1.82) is 0 Å². The number of pyridine rings is 1. The van der Waals surface area contributed by atoms with Crippen molar-refractivity contribution in [2.24, 2.45) is 5.73 Å². The maximum atomic E-state index is 12.7. The number of likely N-dealkylation sites (tertiary alicyclic amines) is 1. The second-order valence-corrected chi connectivity index (χ2v) is 8.20. The molecule has 1 saturated heterocycles. The van der Waals surface area contributed by atoms with E-state index >= 15 is 0 Å². The molecule has 1 aliphatic carbocycles. The third kappa shape index (κ3) is 4.42. The summed E-state index contributed by atoms with van der Waals surface area (Å²) in [5.41, 5.74) is 5.67. The van der Waals surface area contributed by atoms with Gasteiger partial charge >= 0.3 is 0 Å². The molecule has 4 rings (SSSR count). The van der Waals surface area contributed by atoms with Gasteiger partial charge in [0, 0.05) is 25.0 Å². The van der Waals surface area contributed by atoms with Crippen LogP contribution in [0.2, 0.25) is 0 Å². The first-order valence-electron chi connectivity index (χ1n) is 10.8. The Balaban J connectivity index is 1.58. The van der Waals surface area contributed by atoms with Gasteiger partial charge in [0.25, 0.3) is 5.91 Å². The topological polar surface area (TPSA) is 106 Å². The number of rotatable bonds is 7. The van der Waals surface area contributed by atoms with Crippen LogP contribution in [0, 0.1) is 0 Å². The third-order valence-corrected chi connectivity index (χ3v) is 6.14. The molecule has 1 aliphatic heterocycles. The van der Waals surface area contributed by atoms with Crippen LogP contribution in [0.4, 0.5) is 5.95 Å². The van der Waals surface area contributed by atoms with Gasteiger partial charge in [0.05, 0.1) is 5.39 Å². The number of anilines is 1. The van der Waals surface area contributed by atoms with E-state index in [1.807, 2.05) is 4.57 Å². The molecule has 0 aromatic carbocycles. The van der Waals surface area contributed by atoms with Crippen LogP contribution in [0.3, 0.4) is 0 Å². The van der Waals surface area contributed by atoms with Gasteiger partial charge in [0.1, 0.15) is 11.2 Å². The fraction of sp³-hybridized carbons (Fsp3) is 0.619. The normalized spacial score (nSPS) is 18.3. The Kier molecular flexibility index (Phi) is 6.08. The van der Waals surface area contributed by atoms with Crippen molar-refractivity contribution in [3.8, 4) is 0 Å². The number of hydrogen-bond donors (Lipinski definition) is 2. The molecule has 0 atom stereocenters. The van der Waals surface area contributed by atoms with Gasteiger partial charge < -0.3 is 20.5 Å². The van der Waals surface area contributed by atoms with E-state index in [1.54, 1.807) is 6.20 Å². The Morgan fingerprint density at radius 1 is 1.17 bits per heavy atom. The molecule has 2 aromatic heterocycles. The molecule has 2 aromatic rings. The fourth-order valence-corrected chi connectivity index (χ4v) is 4.54. The van der Waals surface area contributed by atoms with Crippen molar-refractivity contribution in [1.82, 2.24) is 19.4 Å². The highest BCUT2D eigenvalue weighted by Crippen LogP contribution is 2.30. The summed E-state index contributed by atoms with van der Waals surface area (Å²) in [7, 11) is 0. The third-order valence-electron chi connectivity index (χ3n) is 6.14. The molecule has 3 N–H and O–H groups in total. The standard InChI is InChI=1S/C21H30N6O2/c22-19(29)17-14-27(15-7-2-1-3-8-15)20-16(18(17)28)13-24-21(25-20)23-9-6-12-26-10-4-5-11-26/h13-15H,1-12H2,(H2,22,29)(H,23,24,25). The van der Waals surface area contributed by atoms with Gasteiger partial charge in [-0.15, -0.1) is 0 Å². The predicted octanol–water partition coefficient (Wildman–Crippen LogP) is 2.29. The lowest BCUT2D eigenvalue weighted by Crippen LogP contribution is -2.27. The highest BCUT2D eigenvalue weighted by Gasteiger charge is 2.21. The summed E-state index contributed by atoms with van der Waals surface area (Å²) < 4.78 is 1.98. The minimum atomic E-state index is -0.703. The predicted molar refractivity (Wildman–Crippen MR) is 113 cm³/mol. The average Bonchev–Trinajstić information content (AvgIpc) is 3.25. The zero-order valence-electron chi connectivity index (χ0n) is 16.9. The van der Waals surface area contributed by atoms with E-state index in [-0.39, 0.29) is 17.0 Å². The number of carbonyl (C=O) groups excluding carboxylic acids is 1. The fourth-order valence-electron chi connectivity index (χ4n) is 4.54. The van der Waals surface area contributed by atoms with Crippen molar-refractivity contribution in [2.45, 2.75) is 57.4 Å². The van der Waals surface area contributed by atoms with Gasteiger partial charge in [0.15, 0.2) is 0 Å². The molecule has 0 bridgehead atoms. The first-order chi connectivity index (χ1) is 14.1. The van der Waals surface area contributed by atoms with E-state index in [2.05, 4.69) is 20.2 Å². The zero-order chi connectivity index (χ0) is 20.2. The van der Waals surface area contributed by atoms with E-state index in [4.69, 9.17) is 5.73 Å². The van der Waals surface area contributed by atoms with Gasteiger partial charge in [-0.3, -0.25) is 9.59 Å². The summed E-state index contributed by atoms with van der Waals surface area (Å²) in [6.45, 7) is 4.26. The number of amides is 1. The molecule has 2 fully saturated rings. The van der Waals surface area contributed by atoms with Crippen molar-refractivity contribution in [2.75, 3.05) is 31.5 Å². The van der Waals surface area contributed by atoms with E-state index in [9.17, 15) is 9.59 Å². The molecule has 29 heavy (non-hydrogen) atoms. The lowest BCUT2D eigenvalue weighted by Gasteiger charge is -2.26. The minimum absolute atomic E-state index is 0.0120. The molecular formula is C21H30N6O2. The van der Waals surface area contributed by atoms with Gasteiger partial charge in [-0.1, -0.05) is 19.3 Å². The molecule has 8 nitrogen and oxygen atoms in total. The molecule has 1 amide bonds. The summed E-state index contributed by atoms with van der Waals surface area (Å²) in [4.78, 5) is 36.0. The maximum Gasteiger partial charge on any atom is 0.254 e. The van der Waals surface area contributed by atoms with Crippen molar-refractivity contribution in [3.63, 3.8) is 0 Å². The summed E-state index contributed by atoms with van der Waals surface area (Å²) in [5, 5.41) is 3.65. The number of nitrogens with one attached hydrogen (secondary N) is 1. The van der Waals surface area contributed by atoms with Crippen LogP contribution in [0.25, 0.3) is 11.0 Å². The number of primary amides is 1. The molecule has 3 heterocycles. The summed E-state index contributed by atoms with van der Waals surface area (Å²) >= 11 is 0. The quantitative estimate of drug-likeness (QED) is 0.693. The molecule has 1 saturated carbocycles. The Hall–Kier alpha value is -2.48. The van der Waals surface area contributed by atoms with Crippen LogP contribution in [-0.2, 0) is 0 Å². The lowest BCUT2D eigenvalue weighted by atomic mass is 9.95. The van der Waals surface area contributed by atoms with E-state index < -0.39 is 5.91 Å². The monoisotopic (exact) mass is 398 g/mol.